The van der Waals surface area contributed by atoms with Crippen LogP contribution in [0, 0.1) is 6.58 Å². The van der Waals surface area contributed by atoms with Crippen LogP contribution in [0.1, 0.15) is 51.9 Å². The van der Waals surface area contributed by atoms with E-state index in [1.54, 1.807) is 6.08 Å². The fourth-order valence-corrected chi connectivity index (χ4v) is 1.82. The molecule has 0 radical (unpaired) electrons. The molecule has 0 amide bonds. The van der Waals surface area contributed by atoms with Crippen LogP contribution >= 0.6 is 0 Å². The van der Waals surface area contributed by atoms with Crippen LogP contribution in [0.5, 0.6) is 0 Å². The molecule has 0 saturated carbocycles. The fraction of sp³-hybridized carbons (Fsp3) is 0.846. The first kappa shape index (κ1) is 16.2. The van der Waals surface area contributed by atoms with E-state index in [0.717, 1.165) is 25.9 Å². The summed E-state index contributed by atoms with van der Waals surface area (Å²) in [6.07, 6.45) is 9.77. The van der Waals surface area contributed by atoms with Gasteiger partial charge in [0.05, 0.1) is 0 Å². The van der Waals surface area contributed by atoms with E-state index in [0.29, 0.717) is 0 Å². The molecule has 2 nitrogen and oxygen atoms in total. The summed E-state index contributed by atoms with van der Waals surface area (Å²) in [5.74, 6) is 0. The molecule has 1 aliphatic rings. The molecule has 0 aliphatic carbocycles. The topological polar surface area (TPSA) is 18.5 Å². The van der Waals surface area contributed by atoms with Crippen LogP contribution in [-0.4, -0.2) is 19.0 Å². The summed E-state index contributed by atoms with van der Waals surface area (Å²) in [4.78, 5) is 0. The summed E-state index contributed by atoms with van der Waals surface area (Å²) in [6.45, 7) is 8.60. The Kier molecular flexibility index (Phi) is 10.5. The zero-order chi connectivity index (χ0) is 10.9. The fourth-order valence-electron chi connectivity index (χ4n) is 1.82. The smallest absolute Gasteiger partial charge is 0.515 e. The number of hydrogen-bond acceptors (Lipinski definition) is 2. The van der Waals surface area contributed by atoms with Crippen molar-refractivity contribution in [2.24, 2.45) is 0 Å². The van der Waals surface area contributed by atoms with E-state index < -0.39 is 0 Å². The summed E-state index contributed by atoms with van der Waals surface area (Å²) in [5, 5.41) is 0. The van der Waals surface area contributed by atoms with Gasteiger partial charge in [-0.3, -0.25) is 0 Å². The van der Waals surface area contributed by atoms with Crippen molar-refractivity contribution in [2.45, 2.75) is 64.3 Å². The van der Waals surface area contributed by atoms with Crippen molar-refractivity contribution in [1.82, 2.24) is 0 Å². The van der Waals surface area contributed by atoms with Crippen molar-refractivity contribution in [3.8, 4) is 0 Å². The second-order valence-corrected chi connectivity index (χ2v) is 4.16. The minimum absolute atomic E-state index is 0. The van der Waals surface area contributed by atoms with Crippen molar-refractivity contribution in [3.63, 3.8) is 0 Å². The SMILES string of the molecule is [CH-]=C[C@H](CCCCC)OC1CCCCO1.[Cu+]. The maximum atomic E-state index is 5.78. The van der Waals surface area contributed by atoms with Gasteiger partial charge in [-0.05, 0) is 25.7 Å². The van der Waals surface area contributed by atoms with Gasteiger partial charge < -0.3 is 16.1 Å². The van der Waals surface area contributed by atoms with Crippen LogP contribution in [0.4, 0.5) is 0 Å². The first-order chi connectivity index (χ1) is 7.36. The monoisotopic (exact) mass is 274 g/mol. The molecular weight excluding hydrogens is 252 g/mol. The molecule has 1 saturated heterocycles. The van der Waals surface area contributed by atoms with Gasteiger partial charge in [-0.1, -0.05) is 26.2 Å². The predicted octanol–water partition coefficient (Wildman–Crippen LogP) is 3.47. The molecule has 3 heteroatoms. The van der Waals surface area contributed by atoms with Gasteiger partial charge in [0.2, 0.25) is 0 Å². The Hall–Kier alpha value is 0.179. The molecule has 0 aromatic heterocycles. The van der Waals surface area contributed by atoms with Crippen LogP contribution in [0.25, 0.3) is 0 Å². The van der Waals surface area contributed by atoms with Crippen LogP contribution in [0.2, 0.25) is 0 Å². The first-order valence-corrected chi connectivity index (χ1v) is 6.19. The molecule has 0 spiro atoms. The largest absolute Gasteiger partial charge is 1.00 e. The normalized spacial score (nSPS) is 22.2. The third-order valence-electron chi connectivity index (χ3n) is 2.77. The molecule has 0 aromatic rings. The van der Waals surface area contributed by atoms with E-state index in [4.69, 9.17) is 16.1 Å². The summed E-state index contributed by atoms with van der Waals surface area (Å²) < 4.78 is 11.3. The second kappa shape index (κ2) is 10.3. The van der Waals surface area contributed by atoms with Crippen molar-refractivity contribution in [1.29, 1.82) is 0 Å². The standard InChI is InChI=1S/C13H23O2.Cu/c1-3-5-6-9-12(4-2)15-13-10-7-8-11-14-13;/h2,4,12-13H,3,5-11H2,1H3;/q-1;+1/t12-,13?;/m1./s1. The van der Waals surface area contributed by atoms with Crippen LogP contribution in [0.3, 0.4) is 0 Å². The molecule has 98 valence electrons. The van der Waals surface area contributed by atoms with Gasteiger partial charge in [-0.25, -0.2) is 6.08 Å². The van der Waals surface area contributed by atoms with E-state index in [2.05, 4.69) is 6.92 Å². The maximum absolute atomic E-state index is 5.78. The summed E-state index contributed by atoms with van der Waals surface area (Å²) in [5.41, 5.74) is 0. The molecule has 0 N–H and O–H groups in total. The molecule has 1 aliphatic heterocycles. The first-order valence-electron chi connectivity index (χ1n) is 6.19. The molecule has 1 rings (SSSR count). The second-order valence-electron chi connectivity index (χ2n) is 4.16. The van der Waals surface area contributed by atoms with Gasteiger partial charge in [-0.15, -0.1) is 0 Å². The molecular formula is C13H23CuO2. The van der Waals surface area contributed by atoms with Crippen LogP contribution in [0.15, 0.2) is 6.08 Å². The number of rotatable bonds is 7. The summed E-state index contributed by atoms with van der Waals surface area (Å²) >= 11 is 0. The van der Waals surface area contributed by atoms with E-state index in [1.807, 2.05) is 0 Å². The molecule has 1 heterocycles. The van der Waals surface area contributed by atoms with E-state index >= 15 is 0 Å². The summed E-state index contributed by atoms with van der Waals surface area (Å²) in [7, 11) is 0. The van der Waals surface area contributed by atoms with Gasteiger partial charge in [0, 0.05) is 12.7 Å². The van der Waals surface area contributed by atoms with Gasteiger partial charge in [0.15, 0.2) is 6.29 Å². The Balaban J connectivity index is 0.00000225. The molecule has 16 heavy (non-hydrogen) atoms. The van der Waals surface area contributed by atoms with E-state index in [1.165, 1.54) is 25.7 Å². The Morgan fingerprint density at radius 1 is 1.44 bits per heavy atom. The molecule has 2 atom stereocenters. The Labute approximate surface area is 110 Å². The van der Waals surface area contributed by atoms with Crippen molar-refractivity contribution in [3.05, 3.63) is 12.7 Å². The zero-order valence-electron chi connectivity index (χ0n) is 10.1. The molecule has 1 unspecified atom stereocenters. The van der Waals surface area contributed by atoms with Crippen molar-refractivity contribution < 1.29 is 26.5 Å². The Morgan fingerprint density at radius 2 is 2.25 bits per heavy atom. The van der Waals surface area contributed by atoms with Crippen molar-refractivity contribution >= 4 is 0 Å². The average molecular weight is 275 g/mol. The van der Waals surface area contributed by atoms with E-state index in [9.17, 15) is 0 Å². The molecule has 0 aromatic carbocycles. The maximum Gasteiger partial charge on any atom is 1.00 e. The molecule has 0 bridgehead atoms. The van der Waals surface area contributed by atoms with E-state index in [-0.39, 0.29) is 29.5 Å². The van der Waals surface area contributed by atoms with Gasteiger partial charge in [0.25, 0.3) is 0 Å². The van der Waals surface area contributed by atoms with Crippen LogP contribution in [-0.2, 0) is 26.5 Å². The van der Waals surface area contributed by atoms with Crippen LogP contribution < -0.4 is 0 Å². The average Bonchev–Trinajstić information content (AvgIpc) is 2.29. The van der Waals surface area contributed by atoms with Gasteiger partial charge in [0.1, 0.15) is 0 Å². The van der Waals surface area contributed by atoms with Crippen molar-refractivity contribution in [2.75, 3.05) is 6.61 Å². The number of unbranched alkanes of at least 4 members (excludes halogenated alkanes) is 2. The molecule has 1 fully saturated rings. The van der Waals surface area contributed by atoms with Gasteiger partial charge >= 0.3 is 17.1 Å². The number of ether oxygens (including phenoxy) is 2. The minimum Gasteiger partial charge on any atom is -0.515 e. The van der Waals surface area contributed by atoms with Gasteiger partial charge in [-0.2, -0.15) is 0 Å². The zero-order valence-corrected chi connectivity index (χ0v) is 11.0. The Morgan fingerprint density at radius 3 is 2.81 bits per heavy atom. The minimum atomic E-state index is -0.0230. The summed E-state index contributed by atoms with van der Waals surface area (Å²) in [6, 6.07) is 0. The third kappa shape index (κ3) is 6.70. The quantitative estimate of drug-likeness (QED) is 0.402. The third-order valence-corrected chi connectivity index (χ3v) is 2.77. The Bertz CT molecular complexity index is 167. The number of hydrogen-bond donors (Lipinski definition) is 0. The predicted molar refractivity (Wildman–Crippen MR) is 61.5 cm³/mol.